The summed E-state index contributed by atoms with van der Waals surface area (Å²) in [5.41, 5.74) is 0.594. The minimum Gasteiger partial charge on any atom is -0.464 e. The molecule has 3 rings (SSSR count). The quantitative estimate of drug-likeness (QED) is 0.393. The van der Waals surface area contributed by atoms with Crippen molar-refractivity contribution in [2.45, 2.75) is 70.9 Å². The zero-order valence-corrected chi connectivity index (χ0v) is 22.2. The lowest BCUT2D eigenvalue weighted by Gasteiger charge is -2.43. The average Bonchev–Trinajstić information content (AvgIpc) is 3.30. The molecule has 1 aliphatic heterocycles. The number of unbranched alkanes of at least 4 members (excludes halogenated alkanes) is 1. The van der Waals surface area contributed by atoms with Gasteiger partial charge < -0.3 is 29.8 Å². The molecule has 3 atom stereocenters. The van der Waals surface area contributed by atoms with Gasteiger partial charge >= 0.3 is 6.03 Å². The molecule has 2 heterocycles. The number of benzene rings is 1. The molecule has 7 heteroatoms. The van der Waals surface area contributed by atoms with E-state index in [0.29, 0.717) is 26.1 Å². The molecule has 7 nitrogen and oxygen atoms in total. The lowest BCUT2D eigenvalue weighted by Crippen LogP contribution is -2.54. The second-order valence-electron chi connectivity index (χ2n) is 11.3. The predicted octanol–water partition coefficient (Wildman–Crippen LogP) is 4.88. The number of likely N-dealkylation sites (tertiary alicyclic amines) is 1. The molecule has 0 saturated carbocycles. The number of methoxy groups -OCH3 is 1. The van der Waals surface area contributed by atoms with Gasteiger partial charge in [0.25, 0.3) is 0 Å². The summed E-state index contributed by atoms with van der Waals surface area (Å²) in [7, 11) is 3.62. The third-order valence-electron chi connectivity index (χ3n) is 7.12. The summed E-state index contributed by atoms with van der Waals surface area (Å²) in [4.78, 5) is 15.2. The van der Waals surface area contributed by atoms with Crippen molar-refractivity contribution in [3.8, 4) is 0 Å². The third-order valence-corrected chi connectivity index (χ3v) is 7.12. The van der Waals surface area contributed by atoms with Crippen LogP contribution in [-0.2, 0) is 10.3 Å². The fourth-order valence-electron chi connectivity index (χ4n) is 5.51. The van der Waals surface area contributed by atoms with E-state index in [-0.39, 0.29) is 23.4 Å². The highest BCUT2D eigenvalue weighted by atomic mass is 16.5. The van der Waals surface area contributed by atoms with Crippen LogP contribution in [0.25, 0.3) is 11.0 Å². The van der Waals surface area contributed by atoms with Crippen molar-refractivity contribution in [3.63, 3.8) is 0 Å². The predicted molar refractivity (Wildman–Crippen MR) is 140 cm³/mol. The van der Waals surface area contributed by atoms with Crippen LogP contribution < -0.4 is 10.6 Å². The maximum atomic E-state index is 13.3. The van der Waals surface area contributed by atoms with Gasteiger partial charge in [-0.05, 0) is 57.1 Å². The van der Waals surface area contributed by atoms with Crippen LogP contribution in [0.15, 0.2) is 34.9 Å². The fourth-order valence-corrected chi connectivity index (χ4v) is 5.51. The van der Waals surface area contributed by atoms with E-state index in [0.717, 1.165) is 55.2 Å². The molecule has 35 heavy (non-hydrogen) atoms. The number of carbonyl (C=O) groups is 1. The van der Waals surface area contributed by atoms with Gasteiger partial charge in [0.05, 0.1) is 11.9 Å². The highest BCUT2D eigenvalue weighted by Gasteiger charge is 2.43. The van der Waals surface area contributed by atoms with Gasteiger partial charge in [0.1, 0.15) is 5.58 Å². The Kier molecular flexibility index (Phi) is 9.62. The van der Waals surface area contributed by atoms with Crippen LogP contribution >= 0.6 is 0 Å². The Labute approximate surface area is 210 Å². The Bertz CT molecular complexity index is 938. The number of amides is 2. The molecule has 1 fully saturated rings. The first-order chi connectivity index (χ1) is 16.7. The number of nitrogens with zero attached hydrogens (tertiary/aromatic N) is 1. The lowest BCUT2D eigenvalue weighted by molar-refractivity contribution is -0.0558. The molecule has 1 aliphatic rings. The fraction of sp³-hybridized carbons (Fsp3) is 0.679. The molecule has 0 spiro atoms. The zero-order valence-electron chi connectivity index (χ0n) is 22.2. The van der Waals surface area contributed by atoms with Gasteiger partial charge in [-0.1, -0.05) is 39.0 Å². The number of piperidine rings is 1. The standard InChI is InChI=1S/C28H45N3O4/c1-27(2,3)18-23(19-29-4)30-26(32)31-15-9-11-22(20-31)28(33,14-6-7-16-34-5)24-12-8-10-21-13-17-35-25(21)24/h8,10,12-13,17,22-23,29,33H,6-7,9,11,14-16,18-20H2,1-5H3,(H,30,32)/t22-,23?,28+/m1/s1. The summed E-state index contributed by atoms with van der Waals surface area (Å²) in [6, 6.07) is 7.91. The van der Waals surface area contributed by atoms with Gasteiger partial charge in [-0.2, -0.15) is 0 Å². The average molecular weight is 488 g/mol. The van der Waals surface area contributed by atoms with Crippen molar-refractivity contribution in [2.24, 2.45) is 11.3 Å². The summed E-state index contributed by atoms with van der Waals surface area (Å²) in [6.45, 7) is 9.19. The Hall–Kier alpha value is -2.09. The molecule has 1 unspecified atom stereocenters. The van der Waals surface area contributed by atoms with E-state index in [1.54, 1.807) is 13.4 Å². The minimum absolute atomic E-state index is 0.0443. The van der Waals surface area contributed by atoms with Crippen LogP contribution in [0.1, 0.15) is 64.9 Å². The van der Waals surface area contributed by atoms with Crippen molar-refractivity contribution < 1.29 is 19.1 Å². The Morgan fingerprint density at radius 2 is 2.09 bits per heavy atom. The number of hydrogen-bond donors (Lipinski definition) is 3. The van der Waals surface area contributed by atoms with Gasteiger partial charge in [-0.15, -0.1) is 0 Å². The molecule has 0 radical (unpaired) electrons. The number of ether oxygens (including phenoxy) is 1. The maximum absolute atomic E-state index is 13.3. The number of hydrogen-bond acceptors (Lipinski definition) is 5. The zero-order chi connectivity index (χ0) is 25.5. The summed E-state index contributed by atoms with van der Waals surface area (Å²) in [5, 5.41) is 19.7. The van der Waals surface area contributed by atoms with Crippen molar-refractivity contribution in [1.29, 1.82) is 0 Å². The van der Waals surface area contributed by atoms with Crippen LogP contribution in [0, 0.1) is 11.3 Å². The number of urea groups is 1. The minimum atomic E-state index is -1.08. The molecule has 196 valence electrons. The third kappa shape index (κ3) is 7.21. The van der Waals surface area contributed by atoms with Gasteiger partial charge in [0.15, 0.2) is 0 Å². The lowest BCUT2D eigenvalue weighted by atomic mass is 9.73. The van der Waals surface area contributed by atoms with Crippen LogP contribution in [0.5, 0.6) is 0 Å². The molecule has 3 N–H and O–H groups in total. The SMILES string of the molecule is CNCC(CC(C)(C)C)NC(=O)N1CCC[C@@H]([C@@](O)(CCCCOC)c2cccc3ccoc23)C1. The topological polar surface area (TPSA) is 87.0 Å². The second kappa shape index (κ2) is 12.2. The number of aliphatic hydroxyl groups is 1. The molecule has 1 saturated heterocycles. The number of para-hydroxylation sites is 1. The highest BCUT2D eigenvalue weighted by molar-refractivity contribution is 5.81. The van der Waals surface area contributed by atoms with E-state index >= 15 is 0 Å². The number of nitrogens with one attached hydrogen (secondary N) is 2. The first-order valence-electron chi connectivity index (χ1n) is 13.1. The van der Waals surface area contributed by atoms with Gasteiger partial charge in [-0.25, -0.2) is 4.79 Å². The van der Waals surface area contributed by atoms with E-state index in [9.17, 15) is 9.90 Å². The van der Waals surface area contributed by atoms with Crippen LogP contribution in [-0.4, -0.2) is 62.5 Å². The normalized spacial score (nSPS) is 19.5. The Balaban J connectivity index is 1.80. The number of likely N-dealkylation sites (N-methyl/N-ethyl adjacent to an activating group) is 1. The van der Waals surface area contributed by atoms with Crippen molar-refractivity contribution >= 4 is 17.0 Å². The highest BCUT2D eigenvalue weighted by Crippen LogP contribution is 2.42. The van der Waals surface area contributed by atoms with Crippen LogP contribution in [0.3, 0.4) is 0 Å². The Morgan fingerprint density at radius 1 is 1.29 bits per heavy atom. The number of carbonyl (C=O) groups excluding carboxylic acids is 1. The molecule has 2 aromatic rings. The number of rotatable bonds is 11. The summed E-state index contributed by atoms with van der Waals surface area (Å²) >= 11 is 0. The van der Waals surface area contributed by atoms with Crippen molar-refractivity contribution in [2.75, 3.05) is 40.4 Å². The summed E-state index contributed by atoms with van der Waals surface area (Å²) in [5.74, 6) is -0.0781. The summed E-state index contributed by atoms with van der Waals surface area (Å²) < 4.78 is 11.1. The number of fused-ring (bicyclic) bond motifs is 1. The van der Waals surface area contributed by atoms with Crippen molar-refractivity contribution in [1.82, 2.24) is 15.5 Å². The first-order valence-corrected chi connectivity index (χ1v) is 13.1. The molecule has 1 aromatic carbocycles. The Morgan fingerprint density at radius 3 is 2.80 bits per heavy atom. The molecule has 0 bridgehead atoms. The smallest absolute Gasteiger partial charge is 0.317 e. The summed E-state index contributed by atoms with van der Waals surface area (Å²) in [6.07, 6.45) is 6.61. The number of furan rings is 1. The molecule has 0 aliphatic carbocycles. The molecule has 1 aromatic heterocycles. The van der Waals surface area contributed by atoms with Crippen LogP contribution in [0.2, 0.25) is 0 Å². The van der Waals surface area contributed by atoms with E-state index in [1.807, 2.05) is 36.2 Å². The van der Waals surface area contributed by atoms with Gasteiger partial charge in [-0.3, -0.25) is 0 Å². The monoisotopic (exact) mass is 487 g/mol. The van der Waals surface area contributed by atoms with Crippen molar-refractivity contribution in [3.05, 3.63) is 36.1 Å². The van der Waals surface area contributed by atoms with E-state index in [2.05, 4.69) is 31.4 Å². The first kappa shape index (κ1) is 27.5. The van der Waals surface area contributed by atoms with Gasteiger partial charge in [0, 0.05) is 56.3 Å². The van der Waals surface area contributed by atoms with E-state index in [4.69, 9.17) is 9.15 Å². The largest absolute Gasteiger partial charge is 0.464 e. The van der Waals surface area contributed by atoms with E-state index in [1.165, 1.54) is 0 Å². The van der Waals surface area contributed by atoms with Gasteiger partial charge in [0.2, 0.25) is 0 Å². The molecular weight excluding hydrogens is 442 g/mol. The van der Waals surface area contributed by atoms with E-state index < -0.39 is 5.60 Å². The second-order valence-corrected chi connectivity index (χ2v) is 11.3. The maximum Gasteiger partial charge on any atom is 0.317 e. The van der Waals surface area contributed by atoms with Crippen LogP contribution in [0.4, 0.5) is 4.79 Å². The molecule has 2 amide bonds. The molecular formula is C28H45N3O4.